The van der Waals surface area contributed by atoms with Crippen LogP contribution in [0.2, 0.25) is 0 Å². The maximum Gasteiger partial charge on any atom is 0.337 e. The first-order valence-corrected chi connectivity index (χ1v) is 5.98. The summed E-state index contributed by atoms with van der Waals surface area (Å²) >= 11 is 3.13. The first-order chi connectivity index (χ1) is 8.82. The predicted octanol–water partition coefficient (Wildman–Crippen LogP) is 0.288. The number of rotatable bonds is 5. The molecular weight excluding hydrogens is 318 g/mol. The van der Waals surface area contributed by atoms with Gasteiger partial charge in [-0.1, -0.05) is 6.07 Å². The molecule has 19 heavy (non-hydrogen) atoms. The molecule has 6 N–H and O–H groups in total. The van der Waals surface area contributed by atoms with Crippen LogP contribution in [0.1, 0.15) is 16.8 Å². The number of carboxylic acids is 1. The molecule has 2 amide bonds. The fraction of sp³-hybridized carbons (Fsp3) is 0.182. The van der Waals surface area contributed by atoms with Gasteiger partial charge in [-0.2, -0.15) is 0 Å². The Hall–Kier alpha value is -1.93. The van der Waals surface area contributed by atoms with Crippen LogP contribution < -0.4 is 16.8 Å². The number of hydrogen-bond donors (Lipinski definition) is 4. The third-order valence-corrected chi connectivity index (χ3v) is 2.91. The van der Waals surface area contributed by atoms with E-state index in [1.807, 2.05) is 0 Å². The number of carbonyl (C=O) groups excluding carboxylic acids is 2. The topological polar surface area (TPSA) is 136 Å². The van der Waals surface area contributed by atoms with Crippen molar-refractivity contribution >= 4 is 39.4 Å². The average Bonchev–Trinajstić information content (AvgIpc) is 2.30. The highest BCUT2D eigenvalue weighted by atomic mass is 79.9. The second-order valence-electron chi connectivity index (χ2n) is 3.73. The minimum absolute atomic E-state index is 0.0833. The zero-order valence-electron chi connectivity index (χ0n) is 9.72. The molecule has 102 valence electrons. The standard InChI is InChI=1S/C11H12BrN3O4/c12-6-3-1-2-5(11(18)19)9(6)15-10(17)7(13)4-8(14)16/h1-3,7H,4,13H2,(H2,14,16)(H,15,17)(H,18,19). The van der Waals surface area contributed by atoms with Gasteiger partial charge >= 0.3 is 5.97 Å². The van der Waals surface area contributed by atoms with Crippen LogP contribution in [0.5, 0.6) is 0 Å². The van der Waals surface area contributed by atoms with Crippen LogP contribution in [0.4, 0.5) is 5.69 Å². The Morgan fingerprint density at radius 1 is 1.37 bits per heavy atom. The zero-order valence-corrected chi connectivity index (χ0v) is 11.3. The van der Waals surface area contributed by atoms with Gasteiger partial charge in [0, 0.05) is 4.47 Å². The maximum absolute atomic E-state index is 11.7. The van der Waals surface area contributed by atoms with Crippen molar-refractivity contribution in [3.05, 3.63) is 28.2 Å². The molecule has 1 unspecified atom stereocenters. The van der Waals surface area contributed by atoms with E-state index in [1.165, 1.54) is 12.1 Å². The second kappa shape index (κ2) is 6.30. The summed E-state index contributed by atoms with van der Waals surface area (Å²) in [7, 11) is 0. The molecule has 8 heteroatoms. The number of benzene rings is 1. The molecule has 1 atom stereocenters. The van der Waals surface area contributed by atoms with Crippen LogP contribution >= 0.6 is 15.9 Å². The van der Waals surface area contributed by atoms with Crippen LogP contribution in [0.15, 0.2) is 22.7 Å². The van der Waals surface area contributed by atoms with Crippen molar-refractivity contribution in [1.29, 1.82) is 0 Å². The first-order valence-electron chi connectivity index (χ1n) is 5.19. The van der Waals surface area contributed by atoms with Gasteiger partial charge in [-0.25, -0.2) is 4.79 Å². The lowest BCUT2D eigenvalue weighted by Crippen LogP contribution is -2.39. The van der Waals surface area contributed by atoms with Crippen LogP contribution in [-0.4, -0.2) is 28.9 Å². The summed E-state index contributed by atoms with van der Waals surface area (Å²) in [4.78, 5) is 33.4. The number of anilines is 1. The first kappa shape index (κ1) is 15.1. The van der Waals surface area contributed by atoms with Gasteiger partial charge in [0.15, 0.2) is 0 Å². The van der Waals surface area contributed by atoms with Gasteiger partial charge in [-0.05, 0) is 28.1 Å². The van der Waals surface area contributed by atoms with E-state index in [4.69, 9.17) is 16.6 Å². The van der Waals surface area contributed by atoms with Crippen molar-refractivity contribution in [3.63, 3.8) is 0 Å². The van der Waals surface area contributed by atoms with Crippen molar-refractivity contribution in [2.24, 2.45) is 11.5 Å². The molecule has 1 rings (SSSR count). The van der Waals surface area contributed by atoms with Gasteiger partial charge in [0.05, 0.1) is 23.7 Å². The van der Waals surface area contributed by atoms with E-state index in [0.29, 0.717) is 4.47 Å². The molecule has 0 aliphatic carbocycles. The van der Waals surface area contributed by atoms with Crippen molar-refractivity contribution in [3.8, 4) is 0 Å². The number of nitrogens with one attached hydrogen (secondary N) is 1. The number of nitrogens with two attached hydrogens (primary N) is 2. The van der Waals surface area contributed by atoms with Crippen molar-refractivity contribution in [2.75, 3.05) is 5.32 Å². The number of halogens is 1. The highest BCUT2D eigenvalue weighted by Crippen LogP contribution is 2.26. The highest BCUT2D eigenvalue weighted by Gasteiger charge is 2.20. The average molecular weight is 330 g/mol. The van der Waals surface area contributed by atoms with Crippen LogP contribution in [0.3, 0.4) is 0 Å². The van der Waals surface area contributed by atoms with E-state index in [-0.39, 0.29) is 17.7 Å². The molecular formula is C11H12BrN3O4. The Morgan fingerprint density at radius 2 is 2.00 bits per heavy atom. The van der Waals surface area contributed by atoms with E-state index in [1.54, 1.807) is 6.07 Å². The quantitative estimate of drug-likeness (QED) is 0.615. The number of carbonyl (C=O) groups is 3. The molecule has 0 bridgehead atoms. The molecule has 0 radical (unpaired) electrons. The lowest BCUT2D eigenvalue weighted by molar-refractivity contribution is -0.123. The smallest absolute Gasteiger partial charge is 0.337 e. The minimum Gasteiger partial charge on any atom is -0.478 e. The fourth-order valence-corrected chi connectivity index (χ4v) is 1.82. The summed E-state index contributed by atoms with van der Waals surface area (Å²) in [5.74, 6) is -2.60. The van der Waals surface area contributed by atoms with E-state index in [2.05, 4.69) is 21.2 Å². The number of primary amides is 1. The summed E-state index contributed by atoms with van der Waals surface area (Å²) < 4.78 is 0.395. The molecule has 0 heterocycles. The summed E-state index contributed by atoms with van der Waals surface area (Å²) in [6, 6.07) is 3.29. The molecule has 0 fully saturated rings. The van der Waals surface area contributed by atoms with Crippen LogP contribution in [-0.2, 0) is 9.59 Å². The number of aromatic carboxylic acids is 1. The molecule has 1 aromatic rings. The molecule has 0 aromatic heterocycles. The van der Waals surface area contributed by atoms with E-state index in [9.17, 15) is 14.4 Å². The maximum atomic E-state index is 11.7. The van der Waals surface area contributed by atoms with E-state index < -0.39 is 23.8 Å². The molecule has 0 spiro atoms. The predicted molar refractivity (Wildman–Crippen MR) is 71.5 cm³/mol. The third-order valence-electron chi connectivity index (χ3n) is 2.25. The minimum atomic E-state index is -1.19. The lowest BCUT2D eigenvalue weighted by atomic mass is 10.1. The SMILES string of the molecule is NC(=O)CC(N)C(=O)Nc1c(Br)cccc1C(=O)O. The zero-order chi connectivity index (χ0) is 14.6. The van der Waals surface area contributed by atoms with E-state index in [0.717, 1.165) is 0 Å². The van der Waals surface area contributed by atoms with E-state index >= 15 is 0 Å². The Kier molecular flexibility index (Phi) is 5.02. The molecule has 0 aliphatic rings. The summed E-state index contributed by atoms with van der Waals surface area (Å²) in [6.07, 6.45) is -0.321. The lowest BCUT2D eigenvalue weighted by Gasteiger charge is -2.13. The van der Waals surface area contributed by atoms with Gasteiger partial charge in [0.25, 0.3) is 0 Å². The van der Waals surface area contributed by atoms with Crippen LogP contribution in [0, 0.1) is 0 Å². The normalized spacial score (nSPS) is 11.7. The molecule has 0 aliphatic heterocycles. The Labute approximate surface area is 117 Å². The Bertz CT molecular complexity index is 533. The van der Waals surface area contributed by atoms with Gasteiger partial charge in [0.2, 0.25) is 11.8 Å². The Morgan fingerprint density at radius 3 is 2.53 bits per heavy atom. The number of para-hydroxylation sites is 1. The largest absolute Gasteiger partial charge is 0.478 e. The van der Waals surface area contributed by atoms with Gasteiger partial charge in [0.1, 0.15) is 0 Å². The van der Waals surface area contributed by atoms with Crippen molar-refractivity contribution in [1.82, 2.24) is 0 Å². The molecule has 0 saturated heterocycles. The Balaban J connectivity index is 2.96. The number of amides is 2. The van der Waals surface area contributed by atoms with Gasteiger partial charge in [-0.15, -0.1) is 0 Å². The summed E-state index contributed by atoms with van der Waals surface area (Å²) in [5, 5.41) is 11.4. The molecule has 0 saturated carbocycles. The number of carboxylic acid groups (broad SMARTS) is 1. The second-order valence-corrected chi connectivity index (χ2v) is 4.59. The summed E-state index contributed by atoms with van der Waals surface area (Å²) in [6.45, 7) is 0. The highest BCUT2D eigenvalue weighted by molar-refractivity contribution is 9.10. The molecule has 7 nitrogen and oxygen atoms in total. The fourth-order valence-electron chi connectivity index (χ4n) is 1.35. The monoisotopic (exact) mass is 329 g/mol. The van der Waals surface area contributed by atoms with Gasteiger partial charge in [-0.3, -0.25) is 9.59 Å². The van der Waals surface area contributed by atoms with Crippen LogP contribution in [0.25, 0.3) is 0 Å². The van der Waals surface area contributed by atoms with Crippen molar-refractivity contribution < 1.29 is 19.5 Å². The molecule has 1 aromatic carbocycles. The third kappa shape index (κ3) is 4.04. The summed E-state index contributed by atoms with van der Waals surface area (Å²) in [5.41, 5.74) is 10.4. The van der Waals surface area contributed by atoms with Gasteiger partial charge < -0.3 is 21.9 Å². The number of hydrogen-bond acceptors (Lipinski definition) is 4. The van der Waals surface area contributed by atoms with Crippen molar-refractivity contribution in [2.45, 2.75) is 12.5 Å².